The number of nitrogens with zero attached hydrogens (tertiary/aromatic N) is 2. The van der Waals surface area contributed by atoms with Crippen molar-refractivity contribution >= 4 is 0 Å². The molecule has 0 radical (unpaired) electrons. The SMILES string of the molecule is NN=[N+]([O-])NO. The van der Waals surface area contributed by atoms with E-state index in [2.05, 4.69) is 11.1 Å². The minimum atomic E-state index is -0.292. The molecule has 0 bridgehead atoms. The highest BCUT2D eigenvalue weighted by Gasteiger charge is 1.67. The van der Waals surface area contributed by atoms with Gasteiger partial charge in [-0.25, -0.2) is 0 Å². The van der Waals surface area contributed by atoms with Gasteiger partial charge in [-0.1, -0.05) is 0 Å². The van der Waals surface area contributed by atoms with Gasteiger partial charge in [-0.05, 0) is 4.97 Å². The second kappa shape index (κ2) is 2.21. The van der Waals surface area contributed by atoms with Gasteiger partial charge in [0.25, 0.3) is 0 Å². The summed E-state index contributed by atoms with van der Waals surface area (Å²) in [5, 5.41) is 19.4. The van der Waals surface area contributed by atoms with E-state index in [9.17, 15) is 5.21 Å². The highest BCUT2D eigenvalue weighted by Crippen LogP contribution is 1.50. The normalized spacial score (nSPS) is 11.2. The standard InChI is InChI=1S/H4N4O2/c1-2-4(6)3-5/h5H,1H2,(H,2,3). The molecule has 6 nitrogen and oxygen atoms in total. The van der Waals surface area contributed by atoms with Crippen LogP contribution in [0.1, 0.15) is 0 Å². The van der Waals surface area contributed by atoms with Crippen LogP contribution in [0, 0.1) is 5.21 Å². The lowest BCUT2D eigenvalue weighted by Gasteiger charge is -1.95. The molecular formula is H4N4O2. The number of nitrogens with one attached hydrogen (secondary N) is 1. The van der Waals surface area contributed by atoms with Crippen LogP contribution in [0.2, 0.25) is 0 Å². The average Bonchev–Trinajstić information content (AvgIpc) is 1.65. The molecule has 0 spiro atoms. The molecule has 0 aliphatic rings. The lowest BCUT2D eigenvalue weighted by atomic mass is 12.4. The van der Waals surface area contributed by atoms with Crippen LogP contribution in [0.5, 0.6) is 0 Å². The molecule has 0 fully saturated rings. The van der Waals surface area contributed by atoms with E-state index in [1.54, 1.807) is 0 Å². The topological polar surface area (TPSA) is 96.7 Å². The van der Waals surface area contributed by atoms with Gasteiger partial charge in [0.1, 0.15) is 5.22 Å². The quantitative estimate of drug-likeness (QED) is 0.162. The first-order valence-corrected chi connectivity index (χ1v) is 1.09. The van der Waals surface area contributed by atoms with E-state index in [1.165, 1.54) is 0 Å². The molecule has 0 amide bonds. The highest BCUT2D eigenvalue weighted by molar-refractivity contribution is 3.83. The van der Waals surface area contributed by atoms with Crippen molar-refractivity contribution in [3.8, 4) is 0 Å². The summed E-state index contributed by atoms with van der Waals surface area (Å²) >= 11 is 0. The van der Waals surface area contributed by atoms with E-state index in [0.29, 0.717) is 0 Å². The molecule has 6 heavy (non-hydrogen) atoms. The molecule has 36 valence electrons. The van der Waals surface area contributed by atoms with Gasteiger partial charge in [0, 0.05) is 0 Å². The Morgan fingerprint density at radius 3 is 2.50 bits per heavy atom. The van der Waals surface area contributed by atoms with E-state index in [0.717, 1.165) is 5.59 Å². The van der Waals surface area contributed by atoms with Crippen LogP contribution >= 0.6 is 0 Å². The zero-order chi connectivity index (χ0) is 4.99. The van der Waals surface area contributed by atoms with Crippen molar-refractivity contribution < 1.29 is 10.2 Å². The zero-order valence-corrected chi connectivity index (χ0v) is 2.83. The molecule has 0 aromatic rings. The van der Waals surface area contributed by atoms with Crippen molar-refractivity contribution in [2.75, 3.05) is 0 Å². The molecule has 4 N–H and O–H groups in total. The molecule has 0 aliphatic carbocycles. The lowest BCUT2D eigenvalue weighted by Crippen LogP contribution is -2.18. The molecule has 0 atom stereocenters. The maximum absolute atomic E-state index is 9.44. The second-order valence-corrected chi connectivity index (χ2v) is 0.488. The first-order valence-electron chi connectivity index (χ1n) is 1.09. The molecule has 0 saturated heterocycles. The smallest absolute Gasteiger partial charge is 0.107 e. The fourth-order valence-electron chi connectivity index (χ4n) is 0.0258. The Morgan fingerprint density at radius 2 is 2.50 bits per heavy atom. The summed E-state index contributed by atoms with van der Waals surface area (Å²) in [5.41, 5.74) is 1.10. The minimum absolute atomic E-state index is 0.292. The molecule has 0 rings (SSSR count). The van der Waals surface area contributed by atoms with Gasteiger partial charge in [-0.2, -0.15) is 5.84 Å². The molecular weight excluding hydrogens is 88.0 g/mol. The summed E-state index contributed by atoms with van der Waals surface area (Å²) in [7, 11) is 0. The number of nitrogens with two attached hydrogens (primary N) is 1. The molecule has 0 aliphatic heterocycles. The Balaban J connectivity index is 3.22. The predicted octanol–water partition coefficient (Wildman–Crippen LogP) is -1.28. The Hall–Kier alpha value is -1.04. The lowest BCUT2D eigenvalue weighted by molar-refractivity contribution is -0.641. The fourth-order valence-corrected chi connectivity index (χ4v) is 0.0258. The maximum Gasteiger partial charge on any atom is 0.107 e. The Bertz CT molecular complexity index is 56.6. The van der Waals surface area contributed by atoms with Crippen molar-refractivity contribution in [2.24, 2.45) is 11.1 Å². The predicted molar refractivity (Wildman–Crippen MR) is 15.2 cm³/mol. The molecule has 0 heterocycles. The third-order valence-corrected chi connectivity index (χ3v) is 0.190. The molecule has 0 aromatic heterocycles. The van der Waals surface area contributed by atoms with Crippen LogP contribution in [-0.2, 0) is 0 Å². The van der Waals surface area contributed by atoms with E-state index < -0.39 is 0 Å². The van der Waals surface area contributed by atoms with Gasteiger partial charge in [0.2, 0.25) is 0 Å². The zero-order valence-electron chi connectivity index (χ0n) is 2.83. The van der Waals surface area contributed by atoms with E-state index in [1.807, 2.05) is 0 Å². The summed E-state index contributed by atoms with van der Waals surface area (Å²) in [6.45, 7) is 0. The van der Waals surface area contributed by atoms with Gasteiger partial charge in [0.05, 0.1) is 0 Å². The van der Waals surface area contributed by atoms with Gasteiger partial charge >= 0.3 is 0 Å². The molecule has 0 unspecified atom stereocenters. The summed E-state index contributed by atoms with van der Waals surface area (Å²) in [6, 6.07) is 0. The van der Waals surface area contributed by atoms with Crippen LogP contribution in [0.3, 0.4) is 0 Å². The first kappa shape index (κ1) is 4.96. The highest BCUT2D eigenvalue weighted by atomic mass is 16.7. The van der Waals surface area contributed by atoms with E-state index in [-0.39, 0.29) is 4.97 Å². The van der Waals surface area contributed by atoms with Gasteiger partial charge in [-0.15, -0.1) is 5.59 Å². The van der Waals surface area contributed by atoms with Crippen molar-refractivity contribution in [1.82, 2.24) is 5.59 Å². The van der Waals surface area contributed by atoms with Crippen LogP contribution in [0.25, 0.3) is 0 Å². The number of rotatable bonds is 1. The van der Waals surface area contributed by atoms with Gasteiger partial charge in [0.15, 0.2) is 0 Å². The molecule has 0 saturated carbocycles. The van der Waals surface area contributed by atoms with Crippen LogP contribution in [0.4, 0.5) is 0 Å². The number of hydrogen-bond donors (Lipinski definition) is 3. The summed E-state index contributed by atoms with van der Waals surface area (Å²) in [5.74, 6) is 4.30. The largest absolute Gasteiger partial charge is 0.671 e. The van der Waals surface area contributed by atoms with E-state index in [4.69, 9.17) is 5.21 Å². The van der Waals surface area contributed by atoms with Crippen molar-refractivity contribution in [3.63, 3.8) is 0 Å². The third kappa shape index (κ3) is 1.30. The van der Waals surface area contributed by atoms with Gasteiger partial charge in [-0.3, -0.25) is 5.21 Å². The summed E-state index contributed by atoms with van der Waals surface area (Å²) < 4.78 is 0. The van der Waals surface area contributed by atoms with Crippen molar-refractivity contribution in [3.05, 3.63) is 5.21 Å². The minimum Gasteiger partial charge on any atom is -0.671 e. The second-order valence-electron chi connectivity index (χ2n) is 0.488. The Kier molecular flexibility index (Phi) is 1.83. The number of hydrazine groups is 1. The summed E-state index contributed by atoms with van der Waals surface area (Å²) in [6.07, 6.45) is 0. The Morgan fingerprint density at radius 1 is 2.00 bits per heavy atom. The van der Waals surface area contributed by atoms with Crippen LogP contribution in [-0.4, -0.2) is 10.2 Å². The monoisotopic (exact) mass is 92.0 g/mol. The summed E-state index contributed by atoms with van der Waals surface area (Å²) in [4.78, 5) is -0.292. The Labute approximate surface area is 33.4 Å². The van der Waals surface area contributed by atoms with E-state index >= 15 is 0 Å². The van der Waals surface area contributed by atoms with Crippen LogP contribution in [0.15, 0.2) is 5.22 Å². The third-order valence-electron chi connectivity index (χ3n) is 0.190. The average molecular weight is 92.1 g/mol. The first-order chi connectivity index (χ1) is 2.81. The fraction of sp³-hybridized carbons (Fsp3) is 0. The van der Waals surface area contributed by atoms with Crippen LogP contribution < -0.4 is 11.4 Å². The number of hydrogen-bond acceptors (Lipinski definition) is 3. The van der Waals surface area contributed by atoms with Crippen molar-refractivity contribution in [1.29, 1.82) is 0 Å². The molecule has 6 heteroatoms. The van der Waals surface area contributed by atoms with Crippen molar-refractivity contribution in [2.45, 2.75) is 0 Å². The van der Waals surface area contributed by atoms with Gasteiger partial charge < -0.3 is 5.21 Å². The maximum atomic E-state index is 9.44. The molecule has 0 aromatic carbocycles.